The predicted octanol–water partition coefficient (Wildman–Crippen LogP) is 1.82. The fraction of sp³-hybridized carbons (Fsp3) is 0.375. The molecule has 0 atom stereocenters. The fourth-order valence-electron chi connectivity index (χ4n) is 2.65. The van der Waals surface area contributed by atoms with Crippen LogP contribution in [0.5, 0.6) is 5.75 Å². The maximum absolute atomic E-state index is 11.9. The average Bonchev–Trinajstić information content (AvgIpc) is 2.62. The number of hydrogen-bond acceptors (Lipinski definition) is 10. The highest BCUT2D eigenvalue weighted by Gasteiger charge is 2.29. The molecule has 0 fully saturated rings. The Labute approximate surface area is 165 Å². The first kappa shape index (κ1) is 21.1. The highest BCUT2D eigenvalue weighted by Crippen LogP contribution is 2.34. The van der Waals surface area contributed by atoms with E-state index in [0.717, 1.165) is 5.56 Å². The number of ether oxygens (including phenoxy) is 2. The number of nitrogens with two attached hydrogens (primary N) is 1. The lowest BCUT2D eigenvalue weighted by molar-refractivity contribution is -0.384. The summed E-state index contributed by atoms with van der Waals surface area (Å²) in [6.45, 7) is 3.28. The molecule has 0 saturated heterocycles. The Bertz CT molecular complexity index is 923. The predicted molar refractivity (Wildman–Crippen MR) is 101 cm³/mol. The van der Waals surface area contributed by atoms with Crippen LogP contribution in [0, 0.1) is 24.0 Å². The third kappa shape index (κ3) is 4.36. The van der Waals surface area contributed by atoms with Gasteiger partial charge in [0.05, 0.1) is 31.4 Å². The summed E-state index contributed by atoms with van der Waals surface area (Å²) < 4.78 is 10.1. The van der Waals surface area contributed by atoms with Crippen molar-refractivity contribution < 1.29 is 19.2 Å². The normalized spacial score (nSPS) is 10.5. The molecule has 2 aromatic heterocycles. The number of carbonyl (C=O) groups excluding carboxylic acids is 1. The smallest absolute Gasteiger partial charge is 0.348 e. The van der Waals surface area contributed by atoms with E-state index < -0.39 is 21.7 Å². The average molecular weight is 411 g/mol. The van der Waals surface area contributed by atoms with Crippen molar-refractivity contribution >= 4 is 35.0 Å². The van der Waals surface area contributed by atoms with Crippen molar-refractivity contribution in [3.63, 3.8) is 0 Å². The SMILES string of the molecule is COC(=O)CN(Cc1ncc(C)c(OC)c1C)c1nc(N)nc(Cl)c1[N+](=O)[O-]. The summed E-state index contributed by atoms with van der Waals surface area (Å²) in [6, 6.07) is 0. The number of nitrogens with zero attached hydrogens (tertiary/aromatic N) is 5. The number of nitro groups is 1. The van der Waals surface area contributed by atoms with Crippen LogP contribution in [0.4, 0.5) is 17.5 Å². The molecule has 0 aliphatic heterocycles. The van der Waals surface area contributed by atoms with Gasteiger partial charge in [-0.3, -0.25) is 19.9 Å². The van der Waals surface area contributed by atoms with Crippen LogP contribution in [0.3, 0.4) is 0 Å². The van der Waals surface area contributed by atoms with Crippen LogP contribution in [-0.2, 0) is 16.1 Å². The van der Waals surface area contributed by atoms with Crippen molar-refractivity contribution in [1.29, 1.82) is 0 Å². The van der Waals surface area contributed by atoms with Crippen LogP contribution in [0.25, 0.3) is 0 Å². The molecule has 0 aliphatic carbocycles. The van der Waals surface area contributed by atoms with E-state index in [1.807, 2.05) is 6.92 Å². The molecule has 0 aromatic carbocycles. The minimum absolute atomic E-state index is 0.00873. The van der Waals surface area contributed by atoms with Gasteiger partial charge in [0.25, 0.3) is 0 Å². The van der Waals surface area contributed by atoms with Crippen LogP contribution in [0.15, 0.2) is 6.20 Å². The van der Waals surface area contributed by atoms with Gasteiger partial charge in [-0.1, -0.05) is 11.6 Å². The van der Waals surface area contributed by atoms with E-state index in [2.05, 4.69) is 15.0 Å². The summed E-state index contributed by atoms with van der Waals surface area (Å²) in [5.41, 5.74) is 7.10. The second kappa shape index (κ2) is 8.65. The fourth-order valence-corrected chi connectivity index (χ4v) is 2.89. The van der Waals surface area contributed by atoms with Gasteiger partial charge in [0.2, 0.25) is 16.9 Å². The van der Waals surface area contributed by atoms with Crippen LogP contribution in [0.1, 0.15) is 16.8 Å². The highest BCUT2D eigenvalue weighted by atomic mass is 35.5. The summed E-state index contributed by atoms with van der Waals surface area (Å²) in [5.74, 6) is -0.502. The van der Waals surface area contributed by atoms with Crippen molar-refractivity contribution in [3.05, 3.63) is 38.3 Å². The zero-order valence-electron chi connectivity index (χ0n) is 15.7. The van der Waals surface area contributed by atoms with Gasteiger partial charge in [-0.2, -0.15) is 9.97 Å². The number of halogens is 1. The first-order chi connectivity index (χ1) is 13.2. The van der Waals surface area contributed by atoms with Gasteiger partial charge < -0.3 is 20.1 Å². The maximum atomic E-state index is 11.9. The Kier molecular flexibility index (Phi) is 6.52. The number of carbonyl (C=O) groups is 1. The maximum Gasteiger partial charge on any atom is 0.348 e. The number of esters is 1. The van der Waals surface area contributed by atoms with Gasteiger partial charge in [0.1, 0.15) is 12.3 Å². The summed E-state index contributed by atoms with van der Waals surface area (Å²) in [7, 11) is 2.73. The van der Waals surface area contributed by atoms with E-state index in [1.54, 1.807) is 13.1 Å². The largest absolute Gasteiger partial charge is 0.496 e. The van der Waals surface area contributed by atoms with Crippen LogP contribution in [0.2, 0.25) is 5.15 Å². The quantitative estimate of drug-likeness (QED) is 0.310. The summed E-state index contributed by atoms with van der Waals surface area (Å²) >= 11 is 5.90. The number of nitrogen functional groups attached to an aromatic ring is 1. The first-order valence-electron chi connectivity index (χ1n) is 7.97. The Hall–Kier alpha value is -3.21. The van der Waals surface area contributed by atoms with E-state index in [9.17, 15) is 14.9 Å². The minimum Gasteiger partial charge on any atom is -0.496 e. The topological polar surface area (TPSA) is 147 Å². The molecule has 12 heteroatoms. The molecule has 0 aliphatic rings. The zero-order valence-corrected chi connectivity index (χ0v) is 16.5. The van der Waals surface area contributed by atoms with Crippen molar-refractivity contribution in [1.82, 2.24) is 15.0 Å². The molecule has 2 N–H and O–H groups in total. The van der Waals surface area contributed by atoms with Crippen molar-refractivity contribution in [2.75, 3.05) is 31.4 Å². The number of aromatic nitrogens is 3. The van der Waals surface area contributed by atoms with Gasteiger partial charge in [0, 0.05) is 17.3 Å². The van der Waals surface area contributed by atoms with E-state index in [-0.39, 0.29) is 24.9 Å². The van der Waals surface area contributed by atoms with Gasteiger partial charge in [-0.05, 0) is 13.8 Å². The van der Waals surface area contributed by atoms with E-state index in [1.165, 1.54) is 19.1 Å². The summed E-state index contributed by atoms with van der Waals surface area (Å²) in [4.78, 5) is 35.9. The molecule has 11 nitrogen and oxygen atoms in total. The molecule has 0 saturated carbocycles. The Morgan fingerprint density at radius 2 is 2.04 bits per heavy atom. The molecule has 28 heavy (non-hydrogen) atoms. The number of pyridine rings is 1. The van der Waals surface area contributed by atoms with Crippen LogP contribution < -0.4 is 15.4 Å². The van der Waals surface area contributed by atoms with E-state index in [0.29, 0.717) is 17.0 Å². The van der Waals surface area contributed by atoms with Gasteiger partial charge in [0.15, 0.2) is 0 Å². The van der Waals surface area contributed by atoms with E-state index in [4.69, 9.17) is 26.8 Å². The third-order valence-corrected chi connectivity index (χ3v) is 4.22. The Balaban J connectivity index is 2.60. The van der Waals surface area contributed by atoms with Crippen molar-refractivity contribution in [2.45, 2.75) is 20.4 Å². The molecule has 0 bridgehead atoms. The zero-order chi connectivity index (χ0) is 21.0. The van der Waals surface area contributed by atoms with Gasteiger partial charge >= 0.3 is 11.7 Å². The van der Waals surface area contributed by atoms with Crippen molar-refractivity contribution in [2.24, 2.45) is 0 Å². The molecule has 2 rings (SSSR count). The van der Waals surface area contributed by atoms with Gasteiger partial charge in [-0.15, -0.1) is 0 Å². The minimum atomic E-state index is -0.739. The molecule has 0 amide bonds. The molecule has 150 valence electrons. The number of anilines is 2. The molecule has 0 unspecified atom stereocenters. The second-order valence-corrected chi connectivity index (χ2v) is 6.14. The lowest BCUT2D eigenvalue weighted by atomic mass is 10.1. The number of rotatable bonds is 7. The molecule has 2 aromatic rings. The van der Waals surface area contributed by atoms with Crippen molar-refractivity contribution in [3.8, 4) is 5.75 Å². The number of hydrogen-bond donors (Lipinski definition) is 1. The number of methoxy groups -OCH3 is 2. The van der Waals surface area contributed by atoms with E-state index >= 15 is 0 Å². The van der Waals surface area contributed by atoms with Crippen LogP contribution in [-0.4, -0.2) is 46.6 Å². The Morgan fingerprint density at radius 3 is 2.61 bits per heavy atom. The molecule has 2 heterocycles. The standard InChI is InChI=1S/C16H19ClN6O5/c1-8-5-19-10(9(2)13(8)28-4)6-22(7-11(24)27-3)15-12(23(25)26)14(17)20-16(18)21-15/h5H,6-7H2,1-4H3,(H2,18,20,21). The lowest BCUT2D eigenvalue weighted by Gasteiger charge is -2.23. The highest BCUT2D eigenvalue weighted by molar-refractivity contribution is 6.32. The van der Waals surface area contributed by atoms with Crippen LogP contribution >= 0.6 is 11.6 Å². The second-order valence-electron chi connectivity index (χ2n) is 5.78. The molecule has 0 radical (unpaired) electrons. The molecular weight excluding hydrogens is 392 g/mol. The van der Waals surface area contributed by atoms with Gasteiger partial charge in [-0.25, -0.2) is 0 Å². The lowest BCUT2D eigenvalue weighted by Crippen LogP contribution is -2.32. The number of aryl methyl sites for hydroxylation is 1. The molecular formula is C16H19ClN6O5. The third-order valence-electron chi connectivity index (χ3n) is 3.96. The summed E-state index contributed by atoms with van der Waals surface area (Å²) in [5, 5.41) is 11.1. The summed E-state index contributed by atoms with van der Waals surface area (Å²) in [6.07, 6.45) is 1.60. The monoisotopic (exact) mass is 410 g/mol. The first-order valence-corrected chi connectivity index (χ1v) is 8.35. The Morgan fingerprint density at radius 1 is 1.36 bits per heavy atom. The molecule has 0 spiro atoms.